The minimum absolute atomic E-state index is 0.741. The summed E-state index contributed by atoms with van der Waals surface area (Å²) >= 11 is 0. The predicted octanol–water partition coefficient (Wildman–Crippen LogP) is 1.88. The predicted molar refractivity (Wildman–Crippen MR) is 60.1 cm³/mol. The maximum absolute atomic E-state index is 3.67. The van der Waals surface area contributed by atoms with Crippen LogP contribution >= 0.6 is 0 Å². The molecular formula is C11H24N2. The van der Waals surface area contributed by atoms with E-state index in [0.717, 1.165) is 25.7 Å². The second kappa shape index (κ2) is 8.27. The van der Waals surface area contributed by atoms with Gasteiger partial charge in [-0.25, -0.2) is 0 Å². The zero-order valence-electron chi connectivity index (χ0n) is 9.34. The van der Waals surface area contributed by atoms with Crippen molar-refractivity contribution in [2.24, 2.45) is 0 Å². The van der Waals surface area contributed by atoms with Gasteiger partial charge in [0.15, 0.2) is 0 Å². The van der Waals surface area contributed by atoms with E-state index in [2.05, 4.69) is 37.7 Å². The normalized spacial score (nSPS) is 11.2. The van der Waals surface area contributed by atoms with Crippen LogP contribution in [0.2, 0.25) is 0 Å². The lowest BCUT2D eigenvalue weighted by Gasteiger charge is -2.25. The first kappa shape index (κ1) is 12.7. The second-order valence-electron chi connectivity index (χ2n) is 3.44. The smallest absolute Gasteiger partial charge is 0.0132 e. The molecule has 0 saturated heterocycles. The number of nitrogens with zero attached hydrogens (tertiary/aromatic N) is 1. The van der Waals surface area contributed by atoms with E-state index in [1.807, 2.05) is 6.08 Å². The van der Waals surface area contributed by atoms with Gasteiger partial charge in [0, 0.05) is 25.7 Å². The van der Waals surface area contributed by atoms with Crippen LogP contribution in [0, 0.1) is 0 Å². The van der Waals surface area contributed by atoms with Gasteiger partial charge in [-0.15, -0.1) is 6.58 Å². The summed E-state index contributed by atoms with van der Waals surface area (Å²) in [4.78, 5) is 2.43. The van der Waals surface area contributed by atoms with E-state index in [4.69, 9.17) is 0 Å². The average Bonchev–Trinajstić information content (AvgIpc) is 2.14. The van der Waals surface area contributed by atoms with Crippen LogP contribution < -0.4 is 5.32 Å². The first-order valence-corrected chi connectivity index (χ1v) is 5.28. The van der Waals surface area contributed by atoms with Crippen molar-refractivity contribution in [2.75, 3.05) is 26.7 Å². The third-order valence-electron chi connectivity index (χ3n) is 2.50. The Morgan fingerprint density at radius 3 is 2.46 bits per heavy atom. The summed E-state index contributed by atoms with van der Waals surface area (Å²) < 4.78 is 0. The third kappa shape index (κ3) is 5.83. The second-order valence-corrected chi connectivity index (χ2v) is 3.44. The van der Waals surface area contributed by atoms with Crippen LogP contribution in [0.4, 0.5) is 0 Å². The zero-order valence-corrected chi connectivity index (χ0v) is 9.34. The Morgan fingerprint density at radius 1 is 1.38 bits per heavy atom. The molecule has 0 atom stereocenters. The van der Waals surface area contributed by atoms with Crippen molar-refractivity contribution < 1.29 is 0 Å². The minimum Gasteiger partial charge on any atom is -0.312 e. The van der Waals surface area contributed by atoms with Gasteiger partial charge >= 0.3 is 0 Å². The van der Waals surface area contributed by atoms with Crippen molar-refractivity contribution in [1.82, 2.24) is 10.2 Å². The quantitative estimate of drug-likeness (QED) is 0.458. The van der Waals surface area contributed by atoms with E-state index in [1.54, 1.807) is 0 Å². The lowest BCUT2D eigenvalue weighted by Crippen LogP contribution is -2.36. The summed E-state index contributed by atoms with van der Waals surface area (Å²) in [5, 5.41) is 3.31. The summed E-state index contributed by atoms with van der Waals surface area (Å²) in [6.45, 7) is 11.3. The molecule has 0 aliphatic rings. The van der Waals surface area contributed by atoms with Crippen LogP contribution in [0.15, 0.2) is 12.7 Å². The van der Waals surface area contributed by atoms with Gasteiger partial charge in [-0.2, -0.15) is 0 Å². The van der Waals surface area contributed by atoms with E-state index in [9.17, 15) is 0 Å². The van der Waals surface area contributed by atoms with E-state index in [0.29, 0.717) is 0 Å². The van der Waals surface area contributed by atoms with Crippen molar-refractivity contribution >= 4 is 0 Å². The Morgan fingerprint density at radius 2 is 2.00 bits per heavy atom. The Balaban J connectivity index is 3.47. The molecule has 0 aliphatic heterocycles. The Bertz CT molecular complexity index is 119. The lowest BCUT2D eigenvalue weighted by atomic mass is 10.1. The molecule has 0 rings (SSSR count). The van der Waals surface area contributed by atoms with Gasteiger partial charge in [-0.05, 0) is 19.9 Å². The van der Waals surface area contributed by atoms with Gasteiger partial charge in [0.05, 0.1) is 0 Å². The molecule has 1 N–H and O–H groups in total. The maximum atomic E-state index is 3.67. The van der Waals surface area contributed by atoms with E-state index < -0.39 is 0 Å². The first-order chi connectivity index (χ1) is 6.26. The summed E-state index contributed by atoms with van der Waals surface area (Å²) in [5.74, 6) is 0. The summed E-state index contributed by atoms with van der Waals surface area (Å²) in [6, 6.07) is 0.741. The molecule has 0 radical (unpaired) electrons. The third-order valence-corrected chi connectivity index (χ3v) is 2.50. The van der Waals surface area contributed by atoms with Gasteiger partial charge < -0.3 is 10.2 Å². The molecule has 0 heterocycles. The molecular weight excluding hydrogens is 160 g/mol. The van der Waals surface area contributed by atoms with Gasteiger partial charge in [0.25, 0.3) is 0 Å². The zero-order chi connectivity index (χ0) is 10.1. The molecule has 0 aromatic heterocycles. The van der Waals surface area contributed by atoms with Crippen molar-refractivity contribution in [2.45, 2.75) is 32.7 Å². The minimum atomic E-state index is 0.741. The summed E-state index contributed by atoms with van der Waals surface area (Å²) in [5.41, 5.74) is 0. The molecule has 0 aromatic carbocycles. The Kier molecular flexibility index (Phi) is 8.05. The molecule has 0 spiro atoms. The first-order valence-electron chi connectivity index (χ1n) is 5.28. The van der Waals surface area contributed by atoms with Crippen LogP contribution in [-0.2, 0) is 0 Å². The number of nitrogens with one attached hydrogen (secondary N) is 1. The van der Waals surface area contributed by atoms with E-state index in [1.165, 1.54) is 12.8 Å². The van der Waals surface area contributed by atoms with Crippen molar-refractivity contribution in [3.05, 3.63) is 12.7 Å². The van der Waals surface area contributed by atoms with Crippen LogP contribution in [0.3, 0.4) is 0 Å². The van der Waals surface area contributed by atoms with E-state index in [-0.39, 0.29) is 0 Å². The molecule has 13 heavy (non-hydrogen) atoms. The molecule has 0 saturated carbocycles. The molecule has 78 valence electrons. The number of likely N-dealkylation sites (N-methyl/N-ethyl adjacent to an activating group) is 1. The number of hydrogen-bond acceptors (Lipinski definition) is 2. The Labute approximate surface area is 83.0 Å². The number of hydrogen-bond donors (Lipinski definition) is 1. The molecule has 0 bridgehead atoms. The topological polar surface area (TPSA) is 15.3 Å². The van der Waals surface area contributed by atoms with Crippen LogP contribution in [-0.4, -0.2) is 37.6 Å². The van der Waals surface area contributed by atoms with E-state index >= 15 is 0 Å². The monoisotopic (exact) mass is 184 g/mol. The fourth-order valence-corrected chi connectivity index (χ4v) is 1.55. The van der Waals surface area contributed by atoms with Crippen molar-refractivity contribution in [3.63, 3.8) is 0 Å². The standard InChI is InChI=1S/C11H24N2/c1-5-8-12-9-10-13(4)11(6-2)7-3/h5,11-12H,1,6-10H2,2-4H3. The average molecular weight is 184 g/mol. The molecule has 0 fully saturated rings. The van der Waals surface area contributed by atoms with Crippen molar-refractivity contribution in [3.8, 4) is 0 Å². The molecule has 0 amide bonds. The molecule has 2 nitrogen and oxygen atoms in total. The highest BCUT2D eigenvalue weighted by Gasteiger charge is 2.08. The van der Waals surface area contributed by atoms with Gasteiger partial charge in [-0.3, -0.25) is 0 Å². The Hall–Kier alpha value is -0.340. The fraction of sp³-hybridized carbons (Fsp3) is 0.818. The highest BCUT2D eigenvalue weighted by atomic mass is 15.1. The van der Waals surface area contributed by atoms with Crippen molar-refractivity contribution in [1.29, 1.82) is 0 Å². The van der Waals surface area contributed by atoms with Crippen LogP contribution in [0.1, 0.15) is 26.7 Å². The number of rotatable bonds is 8. The van der Waals surface area contributed by atoms with Gasteiger partial charge in [-0.1, -0.05) is 19.9 Å². The molecule has 0 unspecified atom stereocenters. The largest absolute Gasteiger partial charge is 0.312 e. The fourth-order valence-electron chi connectivity index (χ4n) is 1.55. The summed E-state index contributed by atoms with van der Waals surface area (Å²) in [6.07, 6.45) is 4.39. The summed E-state index contributed by atoms with van der Waals surface area (Å²) in [7, 11) is 2.20. The highest BCUT2D eigenvalue weighted by molar-refractivity contribution is 4.71. The van der Waals surface area contributed by atoms with Gasteiger partial charge in [0.2, 0.25) is 0 Å². The SMILES string of the molecule is C=CCNCCN(C)C(CC)CC. The molecule has 2 heteroatoms. The lowest BCUT2D eigenvalue weighted by molar-refractivity contribution is 0.231. The van der Waals surface area contributed by atoms with Gasteiger partial charge in [0.1, 0.15) is 0 Å². The maximum Gasteiger partial charge on any atom is 0.0132 e. The molecule has 0 aromatic rings. The van der Waals surface area contributed by atoms with Crippen LogP contribution in [0.25, 0.3) is 0 Å². The highest BCUT2D eigenvalue weighted by Crippen LogP contribution is 2.04. The van der Waals surface area contributed by atoms with Crippen LogP contribution in [0.5, 0.6) is 0 Å². The molecule has 0 aliphatic carbocycles.